The van der Waals surface area contributed by atoms with Crippen LogP contribution in [0.25, 0.3) is 0 Å². The lowest BCUT2D eigenvalue weighted by atomic mass is 9.79. The summed E-state index contributed by atoms with van der Waals surface area (Å²) in [6.45, 7) is 4.06. The molecule has 110 valence electrons. The smallest absolute Gasteiger partial charge is 0.0860 e. The maximum Gasteiger partial charge on any atom is 0.0860 e. The Morgan fingerprint density at radius 2 is 2.30 bits per heavy atom. The van der Waals surface area contributed by atoms with Gasteiger partial charge in [0, 0.05) is 11.5 Å². The average molecular weight is 291 g/mol. The number of nitrogens with one attached hydrogen (secondary N) is 1. The fourth-order valence-electron chi connectivity index (χ4n) is 3.13. The summed E-state index contributed by atoms with van der Waals surface area (Å²) in [5.74, 6) is 3.04. The second-order valence-electron chi connectivity index (χ2n) is 5.82. The van der Waals surface area contributed by atoms with Gasteiger partial charge in [-0.25, -0.2) is 0 Å². The molecule has 3 rings (SSSR count). The van der Waals surface area contributed by atoms with E-state index < -0.39 is 0 Å². The first kappa shape index (κ1) is 14.4. The van der Waals surface area contributed by atoms with Crippen LogP contribution in [0, 0.1) is 0 Å². The molecule has 2 fully saturated rings. The lowest BCUT2D eigenvalue weighted by Crippen LogP contribution is -2.38. The molecule has 1 saturated carbocycles. The summed E-state index contributed by atoms with van der Waals surface area (Å²) in [7, 11) is 0. The summed E-state index contributed by atoms with van der Waals surface area (Å²) in [4.78, 5) is 0. The van der Waals surface area contributed by atoms with Gasteiger partial charge in [0.15, 0.2) is 0 Å². The number of thioether (sulfide) groups is 1. The molecule has 1 saturated heterocycles. The van der Waals surface area contributed by atoms with Gasteiger partial charge in [0.1, 0.15) is 0 Å². The van der Waals surface area contributed by atoms with E-state index in [1.165, 1.54) is 30.4 Å². The van der Waals surface area contributed by atoms with Crippen LogP contribution in [0.4, 0.5) is 0 Å². The molecule has 1 aliphatic heterocycles. The van der Waals surface area contributed by atoms with Crippen molar-refractivity contribution < 1.29 is 4.74 Å². The van der Waals surface area contributed by atoms with E-state index >= 15 is 0 Å². The molecule has 1 aliphatic carbocycles. The quantitative estimate of drug-likeness (QED) is 0.893. The summed E-state index contributed by atoms with van der Waals surface area (Å²) in [5, 5.41) is 3.63. The van der Waals surface area contributed by atoms with Gasteiger partial charge >= 0.3 is 0 Å². The van der Waals surface area contributed by atoms with E-state index in [4.69, 9.17) is 4.74 Å². The molecule has 0 bridgehead atoms. The van der Waals surface area contributed by atoms with E-state index in [0.717, 1.165) is 30.6 Å². The van der Waals surface area contributed by atoms with E-state index in [1.807, 2.05) is 11.8 Å². The molecule has 0 radical (unpaired) electrons. The third-order valence-corrected chi connectivity index (χ3v) is 5.50. The van der Waals surface area contributed by atoms with Gasteiger partial charge < -0.3 is 10.1 Å². The van der Waals surface area contributed by atoms with Crippen LogP contribution < -0.4 is 5.32 Å². The second-order valence-corrected chi connectivity index (χ2v) is 6.97. The van der Waals surface area contributed by atoms with Crippen molar-refractivity contribution in [3.05, 3.63) is 35.4 Å². The van der Waals surface area contributed by atoms with E-state index in [9.17, 15) is 0 Å². The topological polar surface area (TPSA) is 21.3 Å². The SMILES string of the molecule is CCNC(c1cccc(C2CCC2)c1)C1CSCCO1. The summed E-state index contributed by atoms with van der Waals surface area (Å²) in [6, 6.07) is 9.54. The standard InChI is InChI=1S/C17H25NOS/c1-2-18-17(16-12-20-10-9-19-16)15-8-4-7-14(11-15)13-5-3-6-13/h4,7-8,11,13,16-18H,2-3,5-6,9-10,12H2,1H3. The lowest BCUT2D eigenvalue weighted by molar-refractivity contribution is 0.0472. The molecule has 1 heterocycles. The second kappa shape index (κ2) is 6.97. The molecule has 0 spiro atoms. The summed E-state index contributed by atoms with van der Waals surface area (Å²) >= 11 is 2.01. The molecule has 1 aromatic rings. The Bertz CT molecular complexity index is 427. The highest BCUT2D eigenvalue weighted by molar-refractivity contribution is 7.99. The minimum atomic E-state index is 0.311. The Labute approximate surface area is 126 Å². The predicted octanol–water partition coefficient (Wildman–Crippen LogP) is 3.74. The first-order valence-electron chi connectivity index (χ1n) is 7.91. The van der Waals surface area contributed by atoms with Crippen molar-refractivity contribution in [3.8, 4) is 0 Å². The van der Waals surface area contributed by atoms with Crippen molar-refractivity contribution in [2.75, 3.05) is 24.7 Å². The maximum absolute atomic E-state index is 6.00. The molecule has 2 aliphatic rings. The molecule has 1 N–H and O–H groups in total. The molecule has 0 amide bonds. The maximum atomic E-state index is 6.00. The summed E-state index contributed by atoms with van der Waals surface area (Å²) in [5.41, 5.74) is 2.93. The Morgan fingerprint density at radius 3 is 2.95 bits per heavy atom. The van der Waals surface area contributed by atoms with E-state index in [1.54, 1.807) is 0 Å². The molecular weight excluding hydrogens is 266 g/mol. The van der Waals surface area contributed by atoms with Gasteiger partial charge in [-0.15, -0.1) is 0 Å². The average Bonchev–Trinajstić information content (AvgIpc) is 2.44. The Morgan fingerprint density at radius 1 is 1.40 bits per heavy atom. The largest absolute Gasteiger partial charge is 0.375 e. The number of benzene rings is 1. The van der Waals surface area contributed by atoms with Crippen molar-refractivity contribution in [2.24, 2.45) is 0 Å². The zero-order valence-corrected chi connectivity index (χ0v) is 13.1. The first-order chi connectivity index (χ1) is 9.88. The van der Waals surface area contributed by atoms with E-state index in [-0.39, 0.29) is 0 Å². The van der Waals surface area contributed by atoms with Crippen LogP contribution in [0.2, 0.25) is 0 Å². The van der Waals surface area contributed by atoms with E-state index in [2.05, 4.69) is 36.5 Å². The van der Waals surface area contributed by atoms with Crippen molar-refractivity contribution in [1.29, 1.82) is 0 Å². The van der Waals surface area contributed by atoms with Crippen LogP contribution in [-0.4, -0.2) is 30.8 Å². The highest BCUT2D eigenvalue weighted by Gasteiger charge is 2.27. The normalized spacial score (nSPS) is 25.1. The van der Waals surface area contributed by atoms with Crippen molar-refractivity contribution >= 4 is 11.8 Å². The van der Waals surface area contributed by atoms with Crippen LogP contribution in [-0.2, 0) is 4.74 Å². The molecule has 2 atom stereocenters. The number of rotatable bonds is 5. The van der Waals surface area contributed by atoms with Gasteiger partial charge in [-0.1, -0.05) is 37.6 Å². The molecule has 2 unspecified atom stereocenters. The molecule has 3 heteroatoms. The molecule has 1 aromatic carbocycles. The predicted molar refractivity (Wildman–Crippen MR) is 86.5 cm³/mol. The van der Waals surface area contributed by atoms with Gasteiger partial charge in [0.2, 0.25) is 0 Å². The van der Waals surface area contributed by atoms with Crippen LogP contribution in [0.3, 0.4) is 0 Å². The van der Waals surface area contributed by atoms with Crippen molar-refractivity contribution in [3.63, 3.8) is 0 Å². The summed E-state index contributed by atoms with van der Waals surface area (Å²) < 4.78 is 6.00. The van der Waals surface area contributed by atoms with Crippen LogP contribution >= 0.6 is 11.8 Å². The molecule has 0 aromatic heterocycles. The monoisotopic (exact) mass is 291 g/mol. The van der Waals surface area contributed by atoms with Crippen LogP contribution in [0.1, 0.15) is 49.3 Å². The minimum absolute atomic E-state index is 0.311. The zero-order valence-electron chi connectivity index (χ0n) is 12.3. The first-order valence-corrected chi connectivity index (χ1v) is 9.06. The molecule has 20 heavy (non-hydrogen) atoms. The van der Waals surface area contributed by atoms with E-state index in [0.29, 0.717) is 12.1 Å². The Kier molecular flexibility index (Phi) is 5.03. The highest BCUT2D eigenvalue weighted by atomic mass is 32.2. The third-order valence-electron chi connectivity index (χ3n) is 4.48. The van der Waals surface area contributed by atoms with Gasteiger partial charge in [-0.2, -0.15) is 11.8 Å². The fourth-order valence-corrected chi connectivity index (χ4v) is 4.03. The Hall–Kier alpha value is -0.510. The number of hydrogen-bond donors (Lipinski definition) is 1. The van der Waals surface area contributed by atoms with Crippen LogP contribution in [0.5, 0.6) is 0 Å². The highest BCUT2D eigenvalue weighted by Crippen LogP contribution is 2.37. The number of hydrogen-bond acceptors (Lipinski definition) is 3. The van der Waals surface area contributed by atoms with Gasteiger partial charge in [-0.3, -0.25) is 0 Å². The van der Waals surface area contributed by atoms with Gasteiger partial charge in [0.05, 0.1) is 18.8 Å². The Balaban J connectivity index is 1.78. The zero-order chi connectivity index (χ0) is 13.8. The lowest BCUT2D eigenvalue weighted by Gasteiger charge is -2.32. The van der Waals surface area contributed by atoms with Gasteiger partial charge in [-0.05, 0) is 36.4 Å². The minimum Gasteiger partial charge on any atom is -0.375 e. The van der Waals surface area contributed by atoms with Gasteiger partial charge in [0.25, 0.3) is 0 Å². The van der Waals surface area contributed by atoms with Crippen LogP contribution in [0.15, 0.2) is 24.3 Å². The third kappa shape index (κ3) is 3.21. The molecule has 2 nitrogen and oxygen atoms in total. The van der Waals surface area contributed by atoms with Crippen molar-refractivity contribution in [2.45, 2.75) is 44.2 Å². The number of ether oxygens (including phenoxy) is 1. The fraction of sp³-hybridized carbons (Fsp3) is 0.647. The summed E-state index contributed by atoms with van der Waals surface area (Å²) in [6.07, 6.45) is 4.44. The van der Waals surface area contributed by atoms with Crippen molar-refractivity contribution in [1.82, 2.24) is 5.32 Å². The number of likely N-dealkylation sites (N-methyl/N-ethyl adjacent to an activating group) is 1. The molecular formula is C17H25NOS.